The summed E-state index contributed by atoms with van der Waals surface area (Å²) in [5, 5.41) is 5.77. The molecular formula is C23H25N3O. The number of urea groups is 1. The van der Waals surface area contributed by atoms with E-state index in [1.54, 1.807) is 6.20 Å². The summed E-state index contributed by atoms with van der Waals surface area (Å²) in [7, 11) is 0. The number of hydrogen-bond acceptors (Lipinski definition) is 2. The Balaban J connectivity index is 1.66. The average Bonchev–Trinajstić information content (AvgIpc) is 2.62. The Kier molecular flexibility index (Phi) is 5.26. The molecule has 0 aliphatic carbocycles. The zero-order chi connectivity index (χ0) is 19.4. The van der Waals surface area contributed by atoms with Crippen molar-refractivity contribution in [1.29, 1.82) is 0 Å². The Morgan fingerprint density at radius 3 is 2.22 bits per heavy atom. The lowest BCUT2D eigenvalue weighted by atomic mass is 9.87. The Hall–Kier alpha value is -3.14. The van der Waals surface area contributed by atoms with Gasteiger partial charge in [0.2, 0.25) is 0 Å². The van der Waals surface area contributed by atoms with Gasteiger partial charge in [-0.1, -0.05) is 45.0 Å². The first kappa shape index (κ1) is 18.6. The number of amides is 2. The van der Waals surface area contributed by atoms with Gasteiger partial charge in [0.25, 0.3) is 0 Å². The van der Waals surface area contributed by atoms with Crippen molar-refractivity contribution in [2.75, 3.05) is 10.6 Å². The predicted molar refractivity (Wildman–Crippen MR) is 112 cm³/mol. The van der Waals surface area contributed by atoms with Gasteiger partial charge in [-0.3, -0.25) is 4.98 Å². The number of rotatable bonds is 3. The predicted octanol–water partition coefficient (Wildman–Crippen LogP) is 6.00. The highest BCUT2D eigenvalue weighted by atomic mass is 16.2. The molecule has 0 radical (unpaired) electrons. The van der Waals surface area contributed by atoms with Crippen LogP contribution in [0.15, 0.2) is 66.9 Å². The molecule has 3 rings (SSSR count). The van der Waals surface area contributed by atoms with E-state index in [0.29, 0.717) is 0 Å². The normalized spacial score (nSPS) is 11.1. The lowest BCUT2D eigenvalue weighted by molar-refractivity contribution is 0.262. The van der Waals surface area contributed by atoms with Crippen molar-refractivity contribution in [2.24, 2.45) is 0 Å². The zero-order valence-corrected chi connectivity index (χ0v) is 16.2. The lowest BCUT2D eigenvalue weighted by Crippen LogP contribution is -2.20. The number of aromatic nitrogens is 1. The van der Waals surface area contributed by atoms with E-state index in [0.717, 1.165) is 28.2 Å². The van der Waals surface area contributed by atoms with E-state index >= 15 is 0 Å². The van der Waals surface area contributed by atoms with Gasteiger partial charge in [0.1, 0.15) is 0 Å². The maximum atomic E-state index is 12.3. The maximum Gasteiger partial charge on any atom is 0.323 e. The monoisotopic (exact) mass is 359 g/mol. The molecule has 1 heterocycles. The molecule has 2 N–H and O–H groups in total. The van der Waals surface area contributed by atoms with Crippen LogP contribution in [0.4, 0.5) is 16.2 Å². The molecule has 0 aliphatic heterocycles. The minimum atomic E-state index is -0.256. The van der Waals surface area contributed by atoms with E-state index < -0.39 is 0 Å². The second-order valence-electron chi connectivity index (χ2n) is 7.67. The van der Waals surface area contributed by atoms with E-state index in [4.69, 9.17) is 0 Å². The van der Waals surface area contributed by atoms with Gasteiger partial charge in [-0.15, -0.1) is 0 Å². The average molecular weight is 359 g/mol. The molecule has 0 bridgehead atoms. The largest absolute Gasteiger partial charge is 0.323 e. The highest BCUT2D eigenvalue weighted by Crippen LogP contribution is 2.25. The molecular weight excluding hydrogens is 334 g/mol. The van der Waals surface area contributed by atoms with Crippen LogP contribution < -0.4 is 10.6 Å². The minimum absolute atomic E-state index is 0.0370. The van der Waals surface area contributed by atoms with Crippen molar-refractivity contribution in [3.05, 3.63) is 78.1 Å². The fourth-order valence-electron chi connectivity index (χ4n) is 2.83. The van der Waals surface area contributed by atoms with E-state index in [1.807, 2.05) is 61.5 Å². The fourth-order valence-corrected chi connectivity index (χ4v) is 2.83. The number of hydrogen-bond donors (Lipinski definition) is 2. The van der Waals surface area contributed by atoms with Crippen molar-refractivity contribution < 1.29 is 4.79 Å². The van der Waals surface area contributed by atoms with Crippen LogP contribution in [0.25, 0.3) is 11.1 Å². The van der Waals surface area contributed by atoms with Crippen LogP contribution in [0, 0.1) is 6.92 Å². The van der Waals surface area contributed by atoms with E-state index in [9.17, 15) is 4.79 Å². The molecule has 0 aliphatic rings. The minimum Gasteiger partial charge on any atom is -0.308 e. The molecule has 3 aromatic rings. The maximum absolute atomic E-state index is 12.3. The highest BCUT2D eigenvalue weighted by Gasteiger charge is 2.14. The Bertz CT molecular complexity index is 940. The molecule has 2 amide bonds. The Labute approximate surface area is 160 Å². The quantitative estimate of drug-likeness (QED) is 0.603. The van der Waals surface area contributed by atoms with Crippen molar-refractivity contribution in [3.63, 3.8) is 0 Å². The summed E-state index contributed by atoms with van der Waals surface area (Å²) in [5.41, 5.74) is 5.92. The summed E-state index contributed by atoms with van der Waals surface area (Å²) in [6.07, 6.45) is 1.80. The molecule has 0 fully saturated rings. The molecule has 0 unspecified atom stereocenters. The van der Waals surface area contributed by atoms with Crippen LogP contribution in [0.5, 0.6) is 0 Å². The van der Waals surface area contributed by atoms with Gasteiger partial charge in [0.15, 0.2) is 0 Å². The van der Waals surface area contributed by atoms with Crippen molar-refractivity contribution in [1.82, 2.24) is 4.98 Å². The van der Waals surface area contributed by atoms with Crippen molar-refractivity contribution >= 4 is 17.4 Å². The first-order chi connectivity index (χ1) is 12.8. The van der Waals surface area contributed by atoms with Crippen LogP contribution in [0.3, 0.4) is 0 Å². The first-order valence-electron chi connectivity index (χ1n) is 9.03. The van der Waals surface area contributed by atoms with Gasteiger partial charge < -0.3 is 10.6 Å². The molecule has 2 aromatic carbocycles. The van der Waals surface area contributed by atoms with E-state index in [2.05, 4.69) is 42.5 Å². The Morgan fingerprint density at radius 1 is 0.852 bits per heavy atom. The SMILES string of the molecule is Cc1cc(-c2ccc(NC(=O)Nc3cccc(C(C)(C)C)c3)cc2)ccn1. The standard InChI is InChI=1S/C23H25N3O/c1-16-14-18(12-13-24-16)17-8-10-20(11-9-17)25-22(27)26-21-7-5-6-19(15-21)23(2,3)4/h5-15H,1-4H3,(H2,25,26,27). The van der Waals surface area contributed by atoms with Crippen molar-refractivity contribution in [2.45, 2.75) is 33.1 Å². The third kappa shape index (κ3) is 4.94. The molecule has 1 aromatic heterocycles. The van der Waals surface area contributed by atoms with Gasteiger partial charge >= 0.3 is 6.03 Å². The van der Waals surface area contributed by atoms with Crippen LogP contribution in [0.1, 0.15) is 32.0 Å². The van der Waals surface area contributed by atoms with Gasteiger partial charge in [-0.05, 0) is 65.4 Å². The molecule has 27 heavy (non-hydrogen) atoms. The summed E-state index contributed by atoms with van der Waals surface area (Å²) in [4.78, 5) is 16.5. The third-order valence-electron chi connectivity index (χ3n) is 4.36. The van der Waals surface area contributed by atoms with Gasteiger partial charge in [0.05, 0.1) is 0 Å². The lowest BCUT2D eigenvalue weighted by Gasteiger charge is -2.20. The first-order valence-corrected chi connectivity index (χ1v) is 9.03. The van der Waals surface area contributed by atoms with Crippen LogP contribution >= 0.6 is 0 Å². The second kappa shape index (κ2) is 7.62. The molecule has 0 saturated carbocycles. The zero-order valence-electron chi connectivity index (χ0n) is 16.2. The van der Waals surface area contributed by atoms with E-state index in [1.165, 1.54) is 5.56 Å². The number of nitrogens with one attached hydrogen (secondary N) is 2. The topological polar surface area (TPSA) is 54.0 Å². The van der Waals surface area contributed by atoms with Gasteiger partial charge in [0, 0.05) is 23.3 Å². The van der Waals surface area contributed by atoms with Crippen molar-refractivity contribution in [3.8, 4) is 11.1 Å². The van der Waals surface area contributed by atoms with Crippen LogP contribution in [-0.4, -0.2) is 11.0 Å². The summed E-state index contributed by atoms with van der Waals surface area (Å²) in [6.45, 7) is 8.42. The number of anilines is 2. The third-order valence-corrected chi connectivity index (χ3v) is 4.36. The fraction of sp³-hybridized carbons (Fsp3) is 0.217. The van der Waals surface area contributed by atoms with Gasteiger partial charge in [-0.2, -0.15) is 0 Å². The van der Waals surface area contributed by atoms with E-state index in [-0.39, 0.29) is 11.4 Å². The van der Waals surface area contributed by atoms with Crippen LogP contribution in [0.2, 0.25) is 0 Å². The van der Waals surface area contributed by atoms with Crippen LogP contribution in [-0.2, 0) is 5.41 Å². The molecule has 4 nitrogen and oxygen atoms in total. The summed E-state index contributed by atoms with van der Waals surface area (Å²) in [5.74, 6) is 0. The summed E-state index contributed by atoms with van der Waals surface area (Å²) < 4.78 is 0. The number of aryl methyl sites for hydroxylation is 1. The number of carbonyl (C=O) groups is 1. The number of nitrogens with zero attached hydrogens (tertiary/aromatic N) is 1. The number of pyridine rings is 1. The molecule has 0 saturated heterocycles. The molecule has 0 atom stereocenters. The summed E-state index contributed by atoms with van der Waals surface area (Å²) in [6, 6.07) is 19.5. The summed E-state index contributed by atoms with van der Waals surface area (Å²) >= 11 is 0. The smallest absolute Gasteiger partial charge is 0.308 e. The molecule has 4 heteroatoms. The molecule has 0 spiro atoms. The number of carbonyl (C=O) groups excluding carboxylic acids is 1. The van der Waals surface area contributed by atoms with Gasteiger partial charge in [-0.25, -0.2) is 4.79 Å². The second-order valence-corrected chi connectivity index (χ2v) is 7.67. The Morgan fingerprint density at radius 2 is 1.56 bits per heavy atom. The molecule has 138 valence electrons. The number of benzene rings is 2. The highest BCUT2D eigenvalue weighted by molar-refractivity contribution is 5.99.